The number of carbonyl (C=O) groups is 1. The molecule has 1 amide bonds. The quantitative estimate of drug-likeness (QED) is 0.744. The van der Waals surface area contributed by atoms with Gasteiger partial charge >= 0.3 is 0 Å². The molecule has 0 spiro atoms. The molecule has 0 aromatic rings. The molecule has 1 unspecified atom stereocenters. The first kappa shape index (κ1) is 11.5. The molecule has 1 fully saturated rings. The van der Waals surface area contributed by atoms with Crippen LogP contribution in [0.15, 0.2) is 0 Å². The highest BCUT2D eigenvalue weighted by Gasteiger charge is 2.21. The minimum atomic E-state index is -2.94. The maximum atomic E-state index is 11.4. The molecule has 1 rings (SSSR count). The van der Waals surface area contributed by atoms with E-state index in [2.05, 4.69) is 5.32 Å². The third-order valence-corrected chi connectivity index (χ3v) is 3.46. The number of hydrogen-bond acceptors (Lipinski definition) is 3. The van der Waals surface area contributed by atoms with Gasteiger partial charge in [0.2, 0.25) is 5.91 Å². The van der Waals surface area contributed by atoms with Gasteiger partial charge in [0.1, 0.15) is 9.84 Å². The van der Waals surface area contributed by atoms with Crippen LogP contribution in [0, 0.1) is 5.92 Å². The van der Waals surface area contributed by atoms with E-state index >= 15 is 0 Å². The van der Waals surface area contributed by atoms with Crippen LogP contribution in [0.3, 0.4) is 0 Å². The van der Waals surface area contributed by atoms with Gasteiger partial charge in [-0.1, -0.05) is 6.42 Å². The smallest absolute Gasteiger partial charge is 0.223 e. The van der Waals surface area contributed by atoms with Crippen molar-refractivity contribution < 1.29 is 13.2 Å². The Balaban J connectivity index is 2.45. The van der Waals surface area contributed by atoms with E-state index in [0.717, 1.165) is 25.8 Å². The summed E-state index contributed by atoms with van der Waals surface area (Å²) in [5.41, 5.74) is 0. The van der Waals surface area contributed by atoms with Gasteiger partial charge in [-0.25, -0.2) is 8.42 Å². The van der Waals surface area contributed by atoms with Gasteiger partial charge in [0.15, 0.2) is 0 Å². The molecule has 4 nitrogen and oxygen atoms in total. The van der Waals surface area contributed by atoms with Gasteiger partial charge in [0.05, 0.1) is 5.75 Å². The topological polar surface area (TPSA) is 63.2 Å². The summed E-state index contributed by atoms with van der Waals surface area (Å²) in [5.74, 6) is 0.0313. The first-order chi connectivity index (χ1) is 6.49. The lowest BCUT2D eigenvalue weighted by molar-refractivity contribution is -0.124. The Morgan fingerprint density at radius 1 is 1.43 bits per heavy atom. The monoisotopic (exact) mass is 219 g/mol. The van der Waals surface area contributed by atoms with Crippen LogP contribution in [-0.2, 0) is 14.6 Å². The molecule has 0 aliphatic carbocycles. The first-order valence-electron chi connectivity index (χ1n) is 4.94. The Bertz CT molecular complexity index is 297. The van der Waals surface area contributed by atoms with Gasteiger partial charge in [-0.15, -0.1) is 0 Å². The van der Waals surface area contributed by atoms with E-state index in [-0.39, 0.29) is 17.6 Å². The third-order valence-electron chi connectivity index (χ3n) is 2.49. The van der Waals surface area contributed by atoms with E-state index in [1.165, 1.54) is 6.26 Å². The molecule has 0 aromatic heterocycles. The number of sulfone groups is 1. The molecule has 1 saturated heterocycles. The molecular weight excluding hydrogens is 202 g/mol. The van der Waals surface area contributed by atoms with E-state index in [0.29, 0.717) is 6.42 Å². The molecule has 82 valence electrons. The van der Waals surface area contributed by atoms with Crippen LogP contribution < -0.4 is 5.32 Å². The van der Waals surface area contributed by atoms with Crippen LogP contribution in [0.4, 0.5) is 0 Å². The van der Waals surface area contributed by atoms with E-state index in [9.17, 15) is 13.2 Å². The molecule has 0 radical (unpaired) electrons. The van der Waals surface area contributed by atoms with Crippen LogP contribution in [0.2, 0.25) is 0 Å². The lowest BCUT2D eigenvalue weighted by atomic mass is 10.0. The summed E-state index contributed by atoms with van der Waals surface area (Å²) in [4.78, 5) is 11.4. The van der Waals surface area contributed by atoms with Crippen molar-refractivity contribution in [2.75, 3.05) is 18.6 Å². The van der Waals surface area contributed by atoms with E-state index in [1.807, 2.05) is 0 Å². The molecule has 1 aliphatic rings. The van der Waals surface area contributed by atoms with Gasteiger partial charge in [-0.3, -0.25) is 4.79 Å². The highest BCUT2D eigenvalue weighted by atomic mass is 32.2. The summed E-state index contributed by atoms with van der Waals surface area (Å²) in [6.07, 6.45) is 4.50. The molecule has 0 aromatic carbocycles. The van der Waals surface area contributed by atoms with E-state index in [4.69, 9.17) is 0 Å². The normalized spacial score (nSPS) is 24.1. The molecule has 14 heavy (non-hydrogen) atoms. The standard InChI is InChI=1S/C9H17NO3S/c1-14(12,13)7-5-8-4-2-3-6-10-9(8)11/h8H,2-7H2,1H3,(H,10,11). The molecule has 1 N–H and O–H groups in total. The highest BCUT2D eigenvalue weighted by Crippen LogP contribution is 2.16. The highest BCUT2D eigenvalue weighted by molar-refractivity contribution is 7.90. The minimum Gasteiger partial charge on any atom is -0.356 e. The Morgan fingerprint density at radius 3 is 2.79 bits per heavy atom. The van der Waals surface area contributed by atoms with Gasteiger partial charge in [-0.05, 0) is 19.3 Å². The Hall–Kier alpha value is -0.580. The van der Waals surface area contributed by atoms with Crippen molar-refractivity contribution in [3.05, 3.63) is 0 Å². The van der Waals surface area contributed by atoms with Crippen LogP contribution in [0.1, 0.15) is 25.7 Å². The molecule has 1 atom stereocenters. The van der Waals surface area contributed by atoms with Gasteiger partial charge in [0.25, 0.3) is 0 Å². The van der Waals surface area contributed by atoms with Gasteiger partial charge in [-0.2, -0.15) is 0 Å². The molecule has 0 saturated carbocycles. The minimum absolute atomic E-state index is 0.0196. The number of rotatable bonds is 3. The Morgan fingerprint density at radius 2 is 2.14 bits per heavy atom. The first-order valence-corrected chi connectivity index (χ1v) is 7.00. The molecule has 1 heterocycles. The number of hydrogen-bond donors (Lipinski definition) is 1. The summed E-state index contributed by atoms with van der Waals surface area (Å²) in [7, 11) is -2.94. The second-order valence-electron chi connectivity index (χ2n) is 3.90. The summed E-state index contributed by atoms with van der Waals surface area (Å²) in [6.45, 7) is 0.730. The second-order valence-corrected chi connectivity index (χ2v) is 6.16. The fourth-order valence-corrected chi connectivity index (χ4v) is 2.35. The van der Waals surface area contributed by atoms with Gasteiger partial charge < -0.3 is 5.32 Å². The Labute approximate surface area is 85.0 Å². The largest absolute Gasteiger partial charge is 0.356 e. The number of nitrogens with one attached hydrogen (secondary N) is 1. The summed E-state index contributed by atoms with van der Waals surface area (Å²) < 4.78 is 21.9. The molecular formula is C9H17NO3S. The van der Waals surface area contributed by atoms with Crippen molar-refractivity contribution in [1.29, 1.82) is 0 Å². The summed E-state index contributed by atoms with van der Waals surface area (Å²) in [6, 6.07) is 0. The zero-order valence-corrected chi connectivity index (χ0v) is 9.27. The number of carbonyl (C=O) groups excluding carboxylic acids is 1. The zero-order chi connectivity index (χ0) is 10.6. The average Bonchev–Trinajstić information content (AvgIpc) is 2.25. The fourth-order valence-electron chi connectivity index (χ4n) is 1.63. The van der Waals surface area contributed by atoms with Gasteiger partial charge in [0, 0.05) is 18.7 Å². The van der Waals surface area contributed by atoms with Crippen molar-refractivity contribution >= 4 is 15.7 Å². The van der Waals surface area contributed by atoms with Crippen molar-refractivity contribution in [3.63, 3.8) is 0 Å². The molecule has 5 heteroatoms. The maximum absolute atomic E-state index is 11.4. The summed E-state index contributed by atoms with van der Waals surface area (Å²) in [5, 5.41) is 2.80. The van der Waals surface area contributed by atoms with E-state index in [1.54, 1.807) is 0 Å². The second kappa shape index (κ2) is 4.77. The fraction of sp³-hybridized carbons (Fsp3) is 0.889. The average molecular weight is 219 g/mol. The molecule has 1 aliphatic heterocycles. The zero-order valence-electron chi connectivity index (χ0n) is 8.45. The van der Waals surface area contributed by atoms with Crippen LogP contribution in [0.25, 0.3) is 0 Å². The lowest BCUT2D eigenvalue weighted by Crippen LogP contribution is -2.30. The Kier molecular flexibility index (Phi) is 3.92. The van der Waals surface area contributed by atoms with Crippen molar-refractivity contribution in [3.8, 4) is 0 Å². The van der Waals surface area contributed by atoms with Crippen LogP contribution in [-0.4, -0.2) is 32.9 Å². The SMILES string of the molecule is CS(=O)(=O)CCC1CCCCNC1=O. The number of amides is 1. The van der Waals surface area contributed by atoms with Crippen molar-refractivity contribution in [1.82, 2.24) is 5.32 Å². The van der Waals surface area contributed by atoms with Crippen molar-refractivity contribution in [2.45, 2.75) is 25.7 Å². The maximum Gasteiger partial charge on any atom is 0.223 e. The summed E-state index contributed by atoms with van der Waals surface area (Å²) >= 11 is 0. The third kappa shape index (κ3) is 4.09. The van der Waals surface area contributed by atoms with Crippen LogP contribution >= 0.6 is 0 Å². The predicted molar refractivity (Wildman–Crippen MR) is 54.7 cm³/mol. The predicted octanol–water partition coefficient (Wildman–Crippen LogP) is 0.337. The van der Waals surface area contributed by atoms with E-state index < -0.39 is 9.84 Å². The lowest BCUT2D eigenvalue weighted by Gasteiger charge is -2.11. The van der Waals surface area contributed by atoms with Crippen molar-refractivity contribution in [2.24, 2.45) is 5.92 Å². The molecule has 0 bridgehead atoms. The van der Waals surface area contributed by atoms with Crippen LogP contribution in [0.5, 0.6) is 0 Å².